The number of carbonyl (C=O) groups excluding carboxylic acids is 1. The van der Waals surface area contributed by atoms with E-state index < -0.39 is 0 Å². The number of carbonyl (C=O) groups is 1. The van der Waals surface area contributed by atoms with E-state index in [1.807, 2.05) is 0 Å². The normalized spacial score (nSPS) is 10.4. The molecule has 0 fully saturated rings. The predicted molar refractivity (Wildman–Crippen MR) is 62.2 cm³/mol. The number of hydrogen-bond acceptors (Lipinski definition) is 3. The molecule has 0 aliphatic carbocycles. The van der Waals surface area contributed by atoms with Crippen molar-refractivity contribution >= 4 is 17.1 Å². The van der Waals surface area contributed by atoms with E-state index in [0.717, 1.165) is 0 Å². The molecule has 0 amide bonds. The molecule has 82 valence electrons. The average molecular weight is 235 g/mol. The zero-order chi connectivity index (χ0) is 11.7. The van der Waals surface area contributed by atoms with E-state index in [4.69, 9.17) is 0 Å². The Bertz CT molecular complexity index is 548. The Kier molecular flexibility index (Phi) is 2.83. The molecule has 0 N–H and O–H groups in total. The molecule has 0 aliphatic heterocycles. The lowest BCUT2D eigenvalue weighted by Gasteiger charge is -1.99. The number of halogens is 1. The standard InChI is InChI=1S/C12H10FNOS/c1-7-3-4-9(5-10(7)13)12-14-11(6-16-12)8(2)15/h3-6H,1-2H3. The van der Waals surface area contributed by atoms with Gasteiger partial charge in [0.15, 0.2) is 5.78 Å². The highest BCUT2D eigenvalue weighted by atomic mass is 32.1. The number of thiazole rings is 1. The van der Waals surface area contributed by atoms with E-state index in [2.05, 4.69) is 4.98 Å². The van der Waals surface area contributed by atoms with Crippen LogP contribution >= 0.6 is 11.3 Å². The summed E-state index contributed by atoms with van der Waals surface area (Å²) in [6.07, 6.45) is 0. The van der Waals surface area contributed by atoms with Gasteiger partial charge in [-0.3, -0.25) is 4.79 Å². The number of Topliss-reactive ketones (excluding diaryl/α,β-unsaturated/α-hetero) is 1. The number of hydrogen-bond donors (Lipinski definition) is 0. The number of benzene rings is 1. The highest BCUT2D eigenvalue weighted by Gasteiger charge is 2.09. The zero-order valence-corrected chi connectivity index (χ0v) is 9.77. The summed E-state index contributed by atoms with van der Waals surface area (Å²) in [5.41, 5.74) is 1.74. The van der Waals surface area contributed by atoms with Crippen LogP contribution < -0.4 is 0 Å². The van der Waals surface area contributed by atoms with Crippen LogP contribution in [0.5, 0.6) is 0 Å². The van der Waals surface area contributed by atoms with Gasteiger partial charge in [-0.05, 0) is 18.6 Å². The molecule has 2 nitrogen and oxygen atoms in total. The van der Waals surface area contributed by atoms with Gasteiger partial charge in [0.1, 0.15) is 16.5 Å². The van der Waals surface area contributed by atoms with Crippen LogP contribution in [-0.4, -0.2) is 10.8 Å². The molecule has 0 bridgehead atoms. The first-order valence-corrected chi connectivity index (χ1v) is 5.69. The molecule has 4 heteroatoms. The molecule has 0 saturated heterocycles. The quantitative estimate of drug-likeness (QED) is 0.746. The first-order chi connectivity index (χ1) is 7.58. The maximum Gasteiger partial charge on any atom is 0.178 e. The first kappa shape index (κ1) is 11.0. The highest BCUT2D eigenvalue weighted by Crippen LogP contribution is 2.25. The van der Waals surface area contributed by atoms with Crippen LogP contribution in [0.3, 0.4) is 0 Å². The molecule has 2 rings (SSSR count). The molecule has 0 unspecified atom stereocenters. The van der Waals surface area contributed by atoms with Crippen molar-refractivity contribution < 1.29 is 9.18 Å². The van der Waals surface area contributed by atoms with Crippen molar-refractivity contribution in [2.24, 2.45) is 0 Å². The Morgan fingerprint density at radius 2 is 2.19 bits per heavy atom. The van der Waals surface area contributed by atoms with Gasteiger partial charge in [0.25, 0.3) is 0 Å². The average Bonchev–Trinajstić information content (AvgIpc) is 2.71. The van der Waals surface area contributed by atoms with Gasteiger partial charge in [0, 0.05) is 17.9 Å². The van der Waals surface area contributed by atoms with Crippen molar-refractivity contribution in [1.82, 2.24) is 4.98 Å². The molecule has 0 spiro atoms. The fourth-order valence-corrected chi connectivity index (χ4v) is 2.15. The van der Waals surface area contributed by atoms with Crippen molar-refractivity contribution in [1.29, 1.82) is 0 Å². The third-order valence-electron chi connectivity index (χ3n) is 2.28. The van der Waals surface area contributed by atoms with Crippen molar-refractivity contribution in [3.8, 4) is 10.6 Å². The lowest BCUT2D eigenvalue weighted by molar-refractivity contribution is 0.101. The lowest BCUT2D eigenvalue weighted by atomic mass is 10.1. The molecule has 1 aromatic carbocycles. The van der Waals surface area contributed by atoms with E-state index in [-0.39, 0.29) is 11.6 Å². The third kappa shape index (κ3) is 2.02. The first-order valence-electron chi connectivity index (χ1n) is 4.81. The minimum atomic E-state index is -0.253. The van der Waals surface area contributed by atoms with E-state index >= 15 is 0 Å². The second kappa shape index (κ2) is 4.14. The van der Waals surface area contributed by atoms with Gasteiger partial charge in [-0.15, -0.1) is 11.3 Å². The molecule has 1 heterocycles. The summed E-state index contributed by atoms with van der Waals surface area (Å²) in [5, 5.41) is 2.36. The van der Waals surface area contributed by atoms with Crippen molar-refractivity contribution in [3.63, 3.8) is 0 Å². The van der Waals surface area contributed by atoms with Crippen LogP contribution in [0, 0.1) is 12.7 Å². The van der Waals surface area contributed by atoms with Gasteiger partial charge >= 0.3 is 0 Å². The second-order valence-corrected chi connectivity index (χ2v) is 4.42. The Labute approximate surface area is 96.8 Å². The fraction of sp³-hybridized carbons (Fsp3) is 0.167. The van der Waals surface area contributed by atoms with Gasteiger partial charge in [0.2, 0.25) is 0 Å². The number of aromatic nitrogens is 1. The summed E-state index contributed by atoms with van der Waals surface area (Å²) in [6.45, 7) is 3.18. The van der Waals surface area contributed by atoms with Crippen molar-refractivity contribution in [3.05, 3.63) is 40.7 Å². The lowest BCUT2D eigenvalue weighted by Crippen LogP contribution is -1.91. The van der Waals surface area contributed by atoms with E-state index in [9.17, 15) is 9.18 Å². The third-order valence-corrected chi connectivity index (χ3v) is 3.18. The van der Waals surface area contributed by atoms with E-state index in [0.29, 0.717) is 21.8 Å². The number of rotatable bonds is 2. The largest absolute Gasteiger partial charge is 0.293 e. The molecular weight excluding hydrogens is 225 g/mol. The smallest absolute Gasteiger partial charge is 0.178 e. The van der Waals surface area contributed by atoms with Gasteiger partial charge in [-0.2, -0.15) is 0 Å². The summed E-state index contributed by atoms with van der Waals surface area (Å²) < 4.78 is 13.3. The van der Waals surface area contributed by atoms with Gasteiger partial charge in [0.05, 0.1) is 0 Å². The van der Waals surface area contributed by atoms with Gasteiger partial charge in [-0.25, -0.2) is 9.37 Å². The molecular formula is C12H10FNOS. The van der Waals surface area contributed by atoms with Crippen LogP contribution in [0.2, 0.25) is 0 Å². The van der Waals surface area contributed by atoms with Crippen LogP contribution in [-0.2, 0) is 0 Å². The maximum absolute atomic E-state index is 13.3. The summed E-state index contributed by atoms with van der Waals surface area (Å²) in [7, 11) is 0. The molecule has 2 aromatic rings. The highest BCUT2D eigenvalue weighted by molar-refractivity contribution is 7.13. The molecule has 16 heavy (non-hydrogen) atoms. The maximum atomic E-state index is 13.3. The summed E-state index contributed by atoms with van der Waals surface area (Å²) in [6, 6.07) is 4.96. The number of nitrogens with zero attached hydrogens (tertiary/aromatic N) is 1. The molecule has 0 aliphatic rings. The Morgan fingerprint density at radius 3 is 2.75 bits per heavy atom. The van der Waals surface area contributed by atoms with E-state index in [1.165, 1.54) is 24.3 Å². The molecule has 0 atom stereocenters. The van der Waals surface area contributed by atoms with Gasteiger partial charge < -0.3 is 0 Å². The zero-order valence-electron chi connectivity index (χ0n) is 8.95. The van der Waals surface area contributed by atoms with Gasteiger partial charge in [-0.1, -0.05) is 12.1 Å². The Hall–Kier alpha value is -1.55. The minimum Gasteiger partial charge on any atom is -0.293 e. The fourth-order valence-electron chi connectivity index (χ4n) is 1.29. The molecule has 0 radical (unpaired) electrons. The molecule has 1 aromatic heterocycles. The van der Waals surface area contributed by atoms with Crippen LogP contribution in [0.25, 0.3) is 10.6 Å². The number of ketones is 1. The summed E-state index contributed by atoms with van der Waals surface area (Å²) in [4.78, 5) is 15.2. The Morgan fingerprint density at radius 1 is 1.44 bits per heavy atom. The van der Waals surface area contributed by atoms with Crippen molar-refractivity contribution in [2.45, 2.75) is 13.8 Å². The van der Waals surface area contributed by atoms with Crippen LogP contribution in [0.1, 0.15) is 23.0 Å². The van der Waals surface area contributed by atoms with Crippen molar-refractivity contribution in [2.75, 3.05) is 0 Å². The minimum absolute atomic E-state index is 0.0740. The molecule has 0 saturated carbocycles. The van der Waals surface area contributed by atoms with Crippen LogP contribution in [0.4, 0.5) is 4.39 Å². The Balaban J connectivity index is 2.42. The SMILES string of the molecule is CC(=O)c1csc(-c2ccc(C)c(F)c2)n1. The topological polar surface area (TPSA) is 30.0 Å². The second-order valence-electron chi connectivity index (χ2n) is 3.56. The van der Waals surface area contributed by atoms with Crippen LogP contribution in [0.15, 0.2) is 23.6 Å². The summed E-state index contributed by atoms with van der Waals surface area (Å²) in [5.74, 6) is -0.327. The summed E-state index contributed by atoms with van der Waals surface area (Å²) >= 11 is 1.35. The predicted octanol–water partition coefficient (Wildman–Crippen LogP) is 3.46. The number of aryl methyl sites for hydroxylation is 1. The monoisotopic (exact) mass is 235 g/mol. The van der Waals surface area contributed by atoms with E-state index in [1.54, 1.807) is 24.4 Å².